The lowest BCUT2D eigenvalue weighted by Crippen LogP contribution is -2.37. The minimum absolute atomic E-state index is 0.0570. The molecule has 0 aliphatic carbocycles. The van der Waals surface area contributed by atoms with Gasteiger partial charge in [-0.2, -0.15) is 0 Å². The first-order valence-corrected chi connectivity index (χ1v) is 6.46. The number of nitrogens with one attached hydrogen (secondary N) is 1. The highest BCUT2D eigenvalue weighted by Gasteiger charge is 2.10. The molecule has 0 unspecified atom stereocenters. The number of carbonyl (C=O) groups is 2. The number of nitrogens with two attached hydrogens (primary N) is 1. The Morgan fingerprint density at radius 3 is 2.42 bits per heavy atom. The van der Waals surface area contributed by atoms with Crippen LogP contribution in [0.2, 0.25) is 0 Å². The van der Waals surface area contributed by atoms with Crippen LogP contribution < -0.4 is 11.1 Å². The average molecular weight is 263 g/mol. The molecule has 0 aliphatic rings. The molecule has 0 saturated carbocycles. The number of amides is 2. The van der Waals surface area contributed by atoms with Gasteiger partial charge >= 0.3 is 0 Å². The zero-order valence-electron chi connectivity index (χ0n) is 11.5. The van der Waals surface area contributed by atoms with Crippen molar-refractivity contribution < 1.29 is 9.59 Å². The lowest BCUT2D eigenvalue weighted by molar-refractivity contribution is -0.129. The quantitative estimate of drug-likeness (QED) is 0.762. The minimum Gasteiger partial charge on any atom is -0.366 e. The first-order chi connectivity index (χ1) is 9.10. The smallest absolute Gasteiger partial charge is 0.249 e. The van der Waals surface area contributed by atoms with E-state index in [-0.39, 0.29) is 12.5 Å². The van der Waals surface area contributed by atoms with Crippen LogP contribution in [0.25, 0.3) is 0 Å². The van der Waals surface area contributed by atoms with Crippen LogP contribution in [0.1, 0.15) is 29.8 Å². The van der Waals surface area contributed by atoms with Crippen LogP contribution in [-0.4, -0.2) is 36.3 Å². The van der Waals surface area contributed by atoms with Crippen molar-refractivity contribution in [1.29, 1.82) is 0 Å². The topological polar surface area (TPSA) is 75.4 Å². The third-order valence-electron chi connectivity index (χ3n) is 2.99. The Labute approximate surface area is 113 Å². The van der Waals surface area contributed by atoms with Crippen molar-refractivity contribution in [2.75, 3.05) is 19.6 Å². The summed E-state index contributed by atoms with van der Waals surface area (Å²) in [6, 6.07) is 7.13. The van der Waals surface area contributed by atoms with E-state index in [1.54, 1.807) is 17.0 Å². The Morgan fingerprint density at radius 1 is 1.21 bits per heavy atom. The van der Waals surface area contributed by atoms with Crippen LogP contribution in [0.4, 0.5) is 0 Å². The number of hydrogen-bond acceptors (Lipinski definition) is 3. The Bertz CT molecular complexity index is 442. The number of carbonyl (C=O) groups excluding carboxylic acids is 2. The van der Waals surface area contributed by atoms with E-state index in [1.165, 1.54) is 0 Å². The highest BCUT2D eigenvalue weighted by Crippen LogP contribution is 2.07. The van der Waals surface area contributed by atoms with Gasteiger partial charge in [-0.25, -0.2) is 0 Å². The largest absolute Gasteiger partial charge is 0.366 e. The van der Waals surface area contributed by atoms with Crippen LogP contribution in [0.3, 0.4) is 0 Å². The van der Waals surface area contributed by atoms with Gasteiger partial charge < -0.3 is 16.0 Å². The average Bonchev–Trinajstić information content (AvgIpc) is 2.40. The number of rotatable bonds is 7. The molecular formula is C14H21N3O2. The van der Waals surface area contributed by atoms with Crippen molar-refractivity contribution in [2.24, 2.45) is 5.73 Å². The standard InChI is InChI=1S/C14H21N3O2/c1-3-17(4-2)13(18)10-16-9-11-7-5-6-8-12(11)14(15)19/h5-8,16H,3-4,9-10H2,1-2H3,(H2,15,19). The molecule has 0 radical (unpaired) electrons. The minimum atomic E-state index is -0.451. The molecule has 1 aromatic carbocycles. The van der Waals surface area contributed by atoms with Gasteiger partial charge in [-0.3, -0.25) is 9.59 Å². The van der Waals surface area contributed by atoms with E-state index in [4.69, 9.17) is 5.73 Å². The molecule has 1 rings (SSSR count). The molecule has 5 nitrogen and oxygen atoms in total. The summed E-state index contributed by atoms with van der Waals surface area (Å²) in [4.78, 5) is 24.8. The zero-order valence-corrected chi connectivity index (χ0v) is 11.5. The van der Waals surface area contributed by atoms with Crippen molar-refractivity contribution in [3.8, 4) is 0 Å². The molecule has 0 aromatic heterocycles. The second-order valence-electron chi connectivity index (χ2n) is 4.19. The number of nitrogens with zero attached hydrogens (tertiary/aromatic N) is 1. The molecule has 0 saturated heterocycles. The fraction of sp³-hybridized carbons (Fsp3) is 0.429. The summed E-state index contributed by atoms with van der Waals surface area (Å²) in [6.07, 6.45) is 0. The first kappa shape index (κ1) is 15.2. The number of benzene rings is 1. The molecular weight excluding hydrogens is 242 g/mol. The Kier molecular flexibility index (Phi) is 6.02. The summed E-state index contributed by atoms with van der Waals surface area (Å²) in [5.74, 6) is -0.394. The molecule has 0 atom stereocenters. The molecule has 3 N–H and O–H groups in total. The lowest BCUT2D eigenvalue weighted by Gasteiger charge is -2.19. The second-order valence-corrected chi connectivity index (χ2v) is 4.19. The van der Waals surface area contributed by atoms with Crippen LogP contribution >= 0.6 is 0 Å². The van der Waals surface area contributed by atoms with E-state index in [0.717, 1.165) is 5.56 Å². The Morgan fingerprint density at radius 2 is 1.84 bits per heavy atom. The second kappa shape index (κ2) is 7.53. The summed E-state index contributed by atoms with van der Waals surface area (Å²) < 4.78 is 0. The number of hydrogen-bond donors (Lipinski definition) is 2. The maximum Gasteiger partial charge on any atom is 0.249 e. The molecule has 19 heavy (non-hydrogen) atoms. The summed E-state index contributed by atoms with van der Waals surface area (Å²) in [7, 11) is 0. The van der Waals surface area contributed by atoms with Gasteiger partial charge in [0.15, 0.2) is 0 Å². The zero-order chi connectivity index (χ0) is 14.3. The summed E-state index contributed by atoms with van der Waals surface area (Å²) in [5, 5.41) is 3.05. The number of primary amides is 1. The van der Waals surface area contributed by atoms with E-state index >= 15 is 0 Å². The molecule has 5 heteroatoms. The van der Waals surface area contributed by atoms with Gasteiger partial charge in [0.1, 0.15) is 0 Å². The fourth-order valence-corrected chi connectivity index (χ4v) is 1.91. The monoisotopic (exact) mass is 263 g/mol. The maximum absolute atomic E-state index is 11.8. The van der Waals surface area contributed by atoms with Gasteiger partial charge in [-0.1, -0.05) is 18.2 Å². The van der Waals surface area contributed by atoms with Gasteiger partial charge in [0, 0.05) is 25.2 Å². The molecule has 2 amide bonds. The molecule has 104 valence electrons. The molecule has 1 aromatic rings. The van der Waals surface area contributed by atoms with Gasteiger partial charge in [0.05, 0.1) is 6.54 Å². The molecule has 0 spiro atoms. The third-order valence-corrected chi connectivity index (χ3v) is 2.99. The van der Waals surface area contributed by atoms with E-state index in [9.17, 15) is 9.59 Å². The normalized spacial score (nSPS) is 10.2. The first-order valence-electron chi connectivity index (χ1n) is 6.46. The lowest BCUT2D eigenvalue weighted by atomic mass is 10.1. The number of likely N-dealkylation sites (N-methyl/N-ethyl adjacent to an activating group) is 1. The van der Waals surface area contributed by atoms with Crippen molar-refractivity contribution in [3.63, 3.8) is 0 Å². The summed E-state index contributed by atoms with van der Waals surface area (Å²) in [5.41, 5.74) is 6.59. The molecule has 0 bridgehead atoms. The van der Waals surface area contributed by atoms with Crippen LogP contribution in [0, 0.1) is 0 Å². The van der Waals surface area contributed by atoms with Crippen LogP contribution in [0.5, 0.6) is 0 Å². The van der Waals surface area contributed by atoms with Gasteiger partial charge in [0.2, 0.25) is 11.8 Å². The molecule has 0 fully saturated rings. The maximum atomic E-state index is 11.8. The van der Waals surface area contributed by atoms with E-state index in [0.29, 0.717) is 25.2 Å². The van der Waals surface area contributed by atoms with Gasteiger partial charge in [0.25, 0.3) is 0 Å². The molecule has 0 heterocycles. The predicted octanol–water partition coefficient (Wildman–Crippen LogP) is 0.743. The van der Waals surface area contributed by atoms with Crippen molar-refractivity contribution in [2.45, 2.75) is 20.4 Å². The van der Waals surface area contributed by atoms with E-state index in [2.05, 4.69) is 5.32 Å². The predicted molar refractivity (Wildman–Crippen MR) is 74.6 cm³/mol. The Hall–Kier alpha value is -1.88. The summed E-state index contributed by atoms with van der Waals surface area (Å²) >= 11 is 0. The Balaban J connectivity index is 2.54. The molecule has 0 aliphatic heterocycles. The SMILES string of the molecule is CCN(CC)C(=O)CNCc1ccccc1C(N)=O. The van der Waals surface area contributed by atoms with E-state index in [1.807, 2.05) is 26.0 Å². The van der Waals surface area contributed by atoms with Crippen molar-refractivity contribution in [3.05, 3.63) is 35.4 Å². The highest BCUT2D eigenvalue weighted by molar-refractivity contribution is 5.94. The summed E-state index contributed by atoms with van der Waals surface area (Å²) in [6.45, 7) is 6.01. The highest BCUT2D eigenvalue weighted by atomic mass is 16.2. The third kappa shape index (κ3) is 4.37. The van der Waals surface area contributed by atoms with E-state index < -0.39 is 5.91 Å². The van der Waals surface area contributed by atoms with Gasteiger partial charge in [-0.15, -0.1) is 0 Å². The van der Waals surface area contributed by atoms with Gasteiger partial charge in [-0.05, 0) is 25.5 Å². The van der Waals surface area contributed by atoms with Crippen LogP contribution in [0.15, 0.2) is 24.3 Å². The fourth-order valence-electron chi connectivity index (χ4n) is 1.91. The van der Waals surface area contributed by atoms with Crippen LogP contribution in [-0.2, 0) is 11.3 Å². The van der Waals surface area contributed by atoms with Crippen molar-refractivity contribution in [1.82, 2.24) is 10.2 Å². The van der Waals surface area contributed by atoms with Crippen molar-refractivity contribution >= 4 is 11.8 Å².